The highest BCUT2D eigenvalue weighted by Gasteiger charge is 2.27. The van der Waals surface area contributed by atoms with Crippen molar-refractivity contribution in [3.05, 3.63) is 35.5 Å². The number of aromatic amines is 1. The van der Waals surface area contributed by atoms with Crippen LogP contribution in [-0.2, 0) is 22.9 Å². The average molecular weight is 562 g/mol. The summed E-state index contributed by atoms with van der Waals surface area (Å²) in [4.78, 5) is 8.19. The van der Waals surface area contributed by atoms with E-state index in [-0.39, 0.29) is 35.8 Å². The minimum Gasteiger partial charge on any atom is -0.361 e. The van der Waals surface area contributed by atoms with Crippen LogP contribution in [-0.4, -0.2) is 61.6 Å². The van der Waals surface area contributed by atoms with Gasteiger partial charge in [0.15, 0.2) is 5.96 Å². The predicted octanol–water partition coefficient (Wildman–Crippen LogP) is 3.26. The van der Waals surface area contributed by atoms with Gasteiger partial charge in [-0.3, -0.25) is 4.99 Å². The van der Waals surface area contributed by atoms with Gasteiger partial charge in [-0.15, -0.1) is 24.0 Å². The summed E-state index contributed by atoms with van der Waals surface area (Å²) in [5.74, 6) is 0.978. The summed E-state index contributed by atoms with van der Waals surface area (Å²) in [6, 6.07) is 6.71. The van der Waals surface area contributed by atoms with Gasteiger partial charge in [0.25, 0.3) is 0 Å². The number of H-pyrrole nitrogens is 1. The Morgan fingerprint density at radius 1 is 1.19 bits per heavy atom. The van der Waals surface area contributed by atoms with E-state index in [0.717, 1.165) is 38.2 Å². The number of piperidine rings is 1. The van der Waals surface area contributed by atoms with Crippen molar-refractivity contribution in [1.82, 2.24) is 19.9 Å². The first kappa shape index (κ1) is 25.9. The third-order valence-corrected chi connectivity index (χ3v) is 7.70. The Labute approximate surface area is 203 Å². The number of rotatable bonds is 8. The molecule has 1 fully saturated rings. The summed E-state index contributed by atoms with van der Waals surface area (Å²) in [6.07, 6.45) is 5.58. The molecule has 1 aromatic heterocycles. The summed E-state index contributed by atoms with van der Waals surface area (Å²) in [7, 11) is -3.09. The minimum atomic E-state index is -3.09. The summed E-state index contributed by atoms with van der Waals surface area (Å²) >= 11 is 0. The van der Waals surface area contributed by atoms with E-state index >= 15 is 0 Å². The monoisotopic (exact) mass is 561 g/mol. The molecule has 0 spiro atoms. The number of benzene rings is 1. The maximum Gasteiger partial charge on any atom is 0.213 e. The van der Waals surface area contributed by atoms with Crippen molar-refractivity contribution in [2.75, 3.05) is 31.9 Å². The highest BCUT2D eigenvalue weighted by molar-refractivity contribution is 14.0. The summed E-state index contributed by atoms with van der Waals surface area (Å²) in [6.45, 7) is 8.57. The van der Waals surface area contributed by atoms with Crippen LogP contribution >= 0.6 is 24.0 Å². The van der Waals surface area contributed by atoms with Crippen LogP contribution < -0.4 is 10.6 Å². The fourth-order valence-electron chi connectivity index (χ4n) is 4.04. The van der Waals surface area contributed by atoms with Gasteiger partial charge < -0.3 is 15.6 Å². The lowest BCUT2D eigenvalue weighted by Gasteiger charge is -2.32. The number of fused-ring (bicyclic) bond motifs is 1. The molecule has 31 heavy (non-hydrogen) atoms. The topological polar surface area (TPSA) is 89.6 Å². The zero-order valence-corrected chi connectivity index (χ0v) is 21.9. The smallest absolute Gasteiger partial charge is 0.213 e. The highest BCUT2D eigenvalue weighted by atomic mass is 127. The van der Waals surface area contributed by atoms with Crippen molar-refractivity contribution in [3.8, 4) is 0 Å². The zero-order valence-electron chi connectivity index (χ0n) is 18.8. The quantitative estimate of drug-likeness (QED) is 0.262. The SMILES string of the molecule is CCNC(=NCCc1c[nH]c2c(CC)cccc12)NC1CCN(S(=O)(=O)CC)CC1.I. The Hall–Kier alpha value is -1.33. The first-order valence-corrected chi connectivity index (χ1v) is 12.7. The van der Waals surface area contributed by atoms with Crippen LogP contribution in [0.3, 0.4) is 0 Å². The molecule has 174 valence electrons. The van der Waals surface area contributed by atoms with Crippen molar-refractivity contribution in [2.24, 2.45) is 4.99 Å². The van der Waals surface area contributed by atoms with Crippen molar-refractivity contribution in [2.45, 2.75) is 52.5 Å². The van der Waals surface area contributed by atoms with E-state index in [1.165, 1.54) is 22.0 Å². The molecule has 1 saturated heterocycles. The summed E-state index contributed by atoms with van der Waals surface area (Å²) in [5, 5.41) is 8.09. The van der Waals surface area contributed by atoms with Crippen molar-refractivity contribution < 1.29 is 8.42 Å². The Balaban J connectivity index is 0.00000341. The Bertz CT molecular complexity index is 965. The highest BCUT2D eigenvalue weighted by Crippen LogP contribution is 2.22. The zero-order chi connectivity index (χ0) is 21.6. The molecule has 0 aliphatic carbocycles. The number of aryl methyl sites for hydroxylation is 1. The van der Waals surface area contributed by atoms with E-state index in [4.69, 9.17) is 4.99 Å². The molecule has 0 unspecified atom stereocenters. The van der Waals surface area contributed by atoms with Gasteiger partial charge in [0.05, 0.1) is 5.75 Å². The molecule has 2 heterocycles. The number of guanidine groups is 1. The van der Waals surface area contributed by atoms with E-state index < -0.39 is 10.0 Å². The van der Waals surface area contributed by atoms with Crippen molar-refractivity contribution in [3.63, 3.8) is 0 Å². The third kappa shape index (κ3) is 6.58. The standard InChI is InChI=1S/C22H35N5O2S.HI/c1-4-17-8-7-9-20-18(16-25-21(17)20)10-13-24-22(23-5-2)26-19-11-14-27(15-12-19)30(28,29)6-3;/h7-9,16,19,25H,4-6,10-15H2,1-3H3,(H2,23,24,26);1H. The second-order valence-corrected chi connectivity index (χ2v) is 9.99. The number of para-hydroxylation sites is 1. The normalized spacial score (nSPS) is 16.3. The van der Waals surface area contributed by atoms with Crippen LogP contribution in [0.15, 0.2) is 29.4 Å². The van der Waals surface area contributed by atoms with Gasteiger partial charge in [0.1, 0.15) is 0 Å². The molecular formula is C22H36IN5O2S. The molecule has 9 heteroatoms. The van der Waals surface area contributed by atoms with E-state index in [1.54, 1.807) is 11.2 Å². The third-order valence-electron chi connectivity index (χ3n) is 5.82. The second-order valence-electron chi connectivity index (χ2n) is 7.74. The maximum atomic E-state index is 12.0. The molecule has 0 bridgehead atoms. The van der Waals surface area contributed by atoms with Gasteiger partial charge in [-0.2, -0.15) is 0 Å². The predicted molar refractivity (Wildman–Crippen MR) is 140 cm³/mol. The lowest BCUT2D eigenvalue weighted by atomic mass is 10.1. The largest absolute Gasteiger partial charge is 0.361 e. The number of aromatic nitrogens is 1. The van der Waals surface area contributed by atoms with Crippen LogP contribution in [0.25, 0.3) is 10.9 Å². The van der Waals surface area contributed by atoms with E-state index in [9.17, 15) is 8.42 Å². The van der Waals surface area contributed by atoms with Gasteiger partial charge in [-0.25, -0.2) is 12.7 Å². The van der Waals surface area contributed by atoms with Crippen LogP contribution in [0.5, 0.6) is 0 Å². The first-order chi connectivity index (χ1) is 14.5. The number of hydrogen-bond donors (Lipinski definition) is 3. The minimum absolute atomic E-state index is 0. The average Bonchev–Trinajstić information content (AvgIpc) is 3.17. The van der Waals surface area contributed by atoms with Gasteiger partial charge in [0.2, 0.25) is 10.0 Å². The molecule has 1 aliphatic rings. The van der Waals surface area contributed by atoms with Crippen LogP contribution in [0, 0.1) is 0 Å². The molecule has 0 saturated carbocycles. The number of hydrogen-bond acceptors (Lipinski definition) is 3. The fraction of sp³-hybridized carbons (Fsp3) is 0.591. The van der Waals surface area contributed by atoms with E-state index in [0.29, 0.717) is 19.6 Å². The Morgan fingerprint density at radius 3 is 2.58 bits per heavy atom. The molecule has 0 atom stereocenters. The maximum absolute atomic E-state index is 12.0. The molecule has 2 aromatic rings. The fourth-order valence-corrected chi connectivity index (χ4v) is 5.17. The number of nitrogens with zero attached hydrogens (tertiary/aromatic N) is 2. The Kier molecular flexibility index (Phi) is 10.1. The summed E-state index contributed by atoms with van der Waals surface area (Å²) in [5.41, 5.74) is 3.87. The van der Waals surface area contributed by atoms with E-state index in [2.05, 4.69) is 53.9 Å². The lowest BCUT2D eigenvalue weighted by molar-refractivity contribution is 0.306. The van der Waals surface area contributed by atoms with Crippen LogP contribution in [0.2, 0.25) is 0 Å². The number of halogens is 1. The molecule has 3 rings (SSSR count). The molecule has 0 radical (unpaired) electrons. The molecule has 3 N–H and O–H groups in total. The molecule has 7 nitrogen and oxygen atoms in total. The second kappa shape index (κ2) is 12.1. The van der Waals surface area contributed by atoms with E-state index in [1.807, 2.05) is 0 Å². The Morgan fingerprint density at radius 2 is 1.94 bits per heavy atom. The number of nitrogens with one attached hydrogen (secondary N) is 3. The molecule has 0 amide bonds. The lowest BCUT2D eigenvalue weighted by Crippen LogP contribution is -2.50. The first-order valence-electron chi connectivity index (χ1n) is 11.1. The molecular weight excluding hydrogens is 525 g/mol. The van der Waals surface area contributed by atoms with Gasteiger partial charge >= 0.3 is 0 Å². The molecule has 1 aliphatic heterocycles. The van der Waals surface area contributed by atoms with Gasteiger partial charge in [-0.1, -0.05) is 25.1 Å². The van der Waals surface area contributed by atoms with Gasteiger partial charge in [0, 0.05) is 49.3 Å². The van der Waals surface area contributed by atoms with Crippen LogP contribution in [0.4, 0.5) is 0 Å². The molecule has 1 aromatic carbocycles. The number of sulfonamides is 1. The van der Waals surface area contributed by atoms with Crippen molar-refractivity contribution in [1.29, 1.82) is 0 Å². The van der Waals surface area contributed by atoms with Crippen molar-refractivity contribution >= 4 is 50.9 Å². The van der Waals surface area contributed by atoms with Gasteiger partial charge in [-0.05, 0) is 50.7 Å². The van der Waals surface area contributed by atoms with Crippen LogP contribution in [0.1, 0.15) is 44.7 Å². The summed E-state index contributed by atoms with van der Waals surface area (Å²) < 4.78 is 25.7. The number of aliphatic imine (C=N–C) groups is 1.